The molecule has 3 nitrogen and oxygen atoms in total. The third kappa shape index (κ3) is 2.76. The molecule has 0 saturated heterocycles. The molecule has 0 aliphatic heterocycles. The van der Waals surface area contributed by atoms with E-state index in [1.807, 2.05) is 26.8 Å². The van der Waals surface area contributed by atoms with Gasteiger partial charge in [0.2, 0.25) is 0 Å². The van der Waals surface area contributed by atoms with Crippen molar-refractivity contribution in [2.45, 2.75) is 20.8 Å². The number of anilines is 1. The number of nitrogens with two attached hydrogens (primary N) is 1. The molecule has 78 valence electrons. The van der Waals surface area contributed by atoms with Gasteiger partial charge in [0.25, 0.3) is 0 Å². The zero-order valence-corrected chi connectivity index (χ0v) is 9.13. The number of esters is 1. The van der Waals surface area contributed by atoms with Crippen molar-refractivity contribution in [3.63, 3.8) is 0 Å². The summed E-state index contributed by atoms with van der Waals surface area (Å²) in [5.41, 5.74) is 7.46. The summed E-state index contributed by atoms with van der Waals surface area (Å²) in [5, 5.41) is 0. The summed E-state index contributed by atoms with van der Waals surface area (Å²) in [6.45, 7) is 5.85. The van der Waals surface area contributed by atoms with Crippen LogP contribution in [-0.4, -0.2) is 13.1 Å². The Kier molecular flexibility index (Phi) is 5.37. The Morgan fingerprint density at radius 1 is 1.36 bits per heavy atom. The molecule has 0 aromatic heterocycles. The molecular weight excluding hydrogens is 178 g/mol. The summed E-state index contributed by atoms with van der Waals surface area (Å²) in [6.07, 6.45) is 0. The van der Waals surface area contributed by atoms with Crippen LogP contribution in [0.1, 0.15) is 29.8 Å². The smallest absolute Gasteiger partial charge is 0.339 e. The van der Waals surface area contributed by atoms with Crippen LogP contribution in [0, 0.1) is 6.92 Å². The molecule has 0 saturated carbocycles. The molecular formula is C11H17NO2. The van der Waals surface area contributed by atoms with Crippen molar-refractivity contribution in [1.29, 1.82) is 0 Å². The van der Waals surface area contributed by atoms with Gasteiger partial charge >= 0.3 is 5.97 Å². The van der Waals surface area contributed by atoms with Crippen molar-refractivity contribution in [3.05, 3.63) is 29.3 Å². The molecule has 2 N–H and O–H groups in total. The molecule has 0 fully saturated rings. The Balaban J connectivity index is 0.000000791. The Labute approximate surface area is 84.9 Å². The fourth-order valence-corrected chi connectivity index (χ4v) is 0.969. The molecule has 1 aromatic carbocycles. The van der Waals surface area contributed by atoms with Crippen LogP contribution in [0.5, 0.6) is 0 Å². The maximum Gasteiger partial charge on any atom is 0.339 e. The van der Waals surface area contributed by atoms with Gasteiger partial charge in [-0.25, -0.2) is 4.79 Å². The normalized spacial score (nSPS) is 8.57. The lowest BCUT2D eigenvalue weighted by Crippen LogP contribution is -2.06. The average molecular weight is 195 g/mol. The molecule has 0 spiro atoms. The summed E-state index contributed by atoms with van der Waals surface area (Å²) in [6, 6.07) is 5.27. The minimum absolute atomic E-state index is 0.392. The summed E-state index contributed by atoms with van der Waals surface area (Å²) >= 11 is 0. The first-order chi connectivity index (χ1) is 6.66. The molecule has 0 amide bonds. The van der Waals surface area contributed by atoms with E-state index in [1.165, 1.54) is 7.11 Å². The third-order valence-electron chi connectivity index (χ3n) is 1.73. The topological polar surface area (TPSA) is 52.3 Å². The molecule has 1 aromatic rings. The fourth-order valence-electron chi connectivity index (χ4n) is 0.969. The molecule has 0 radical (unpaired) electrons. The first-order valence-corrected chi connectivity index (χ1v) is 4.60. The fraction of sp³-hybridized carbons (Fsp3) is 0.364. The molecule has 3 heteroatoms. The van der Waals surface area contributed by atoms with Crippen LogP contribution in [-0.2, 0) is 4.74 Å². The first-order valence-electron chi connectivity index (χ1n) is 4.60. The Morgan fingerprint density at radius 2 is 1.93 bits per heavy atom. The number of hydrogen-bond acceptors (Lipinski definition) is 3. The van der Waals surface area contributed by atoms with Gasteiger partial charge in [-0.2, -0.15) is 0 Å². The summed E-state index contributed by atoms with van der Waals surface area (Å²) in [4.78, 5) is 11.1. The van der Waals surface area contributed by atoms with Crippen molar-refractivity contribution in [3.8, 4) is 0 Å². The number of nitrogen functional groups attached to an aromatic ring is 1. The number of hydrogen-bond donors (Lipinski definition) is 1. The highest BCUT2D eigenvalue weighted by atomic mass is 16.5. The summed E-state index contributed by atoms with van der Waals surface area (Å²) in [5.74, 6) is -0.392. The number of para-hydroxylation sites is 1. The highest BCUT2D eigenvalue weighted by Gasteiger charge is 2.09. The van der Waals surface area contributed by atoms with Gasteiger partial charge in [0.1, 0.15) is 0 Å². The van der Waals surface area contributed by atoms with Crippen molar-refractivity contribution in [2.24, 2.45) is 0 Å². The van der Waals surface area contributed by atoms with E-state index < -0.39 is 5.97 Å². The van der Waals surface area contributed by atoms with Crippen LogP contribution >= 0.6 is 0 Å². The van der Waals surface area contributed by atoms with Crippen LogP contribution in [0.15, 0.2) is 18.2 Å². The van der Waals surface area contributed by atoms with Crippen LogP contribution in [0.25, 0.3) is 0 Å². The second-order valence-electron chi connectivity index (χ2n) is 2.53. The van der Waals surface area contributed by atoms with Gasteiger partial charge in [0, 0.05) is 5.69 Å². The average Bonchev–Trinajstić information content (AvgIpc) is 2.24. The molecule has 0 aliphatic rings. The number of ether oxygens (including phenoxy) is 1. The van der Waals surface area contributed by atoms with E-state index in [2.05, 4.69) is 4.74 Å². The molecule has 0 unspecified atom stereocenters. The van der Waals surface area contributed by atoms with Gasteiger partial charge in [-0.3, -0.25) is 0 Å². The van der Waals surface area contributed by atoms with E-state index in [0.29, 0.717) is 11.3 Å². The first kappa shape index (κ1) is 12.5. The van der Waals surface area contributed by atoms with Gasteiger partial charge in [0.05, 0.1) is 12.7 Å². The molecule has 0 atom stereocenters. The zero-order chi connectivity index (χ0) is 11.1. The molecule has 0 heterocycles. The summed E-state index contributed by atoms with van der Waals surface area (Å²) < 4.78 is 4.55. The van der Waals surface area contributed by atoms with Crippen LogP contribution < -0.4 is 5.73 Å². The van der Waals surface area contributed by atoms with Crippen molar-refractivity contribution < 1.29 is 9.53 Å². The number of carbonyl (C=O) groups is 1. The Bertz CT molecular complexity index is 308. The monoisotopic (exact) mass is 195 g/mol. The minimum Gasteiger partial charge on any atom is -0.465 e. The van der Waals surface area contributed by atoms with Gasteiger partial charge in [-0.15, -0.1) is 0 Å². The maximum absolute atomic E-state index is 11.1. The molecule has 0 aliphatic carbocycles. The second-order valence-corrected chi connectivity index (χ2v) is 2.53. The highest BCUT2D eigenvalue weighted by molar-refractivity contribution is 5.95. The quantitative estimate of drug-likeness (QED) is 0.553. The van der Waals surface area contributed by atoms with Crippen molar-refractivity contribution in [2.75, 3.05) is 12.8 Å². The van der Waals surface area contributed by atoms with Gasteiger partial charge < -0.3 is 10.5 Å². The molecule has 0 bridgehead atoms. The zero-order valence-electron chi connectivity index (χ0n) is 9.13. The van der Waals surface area contributed by atoms with E-state index in [0.717, 1.165) is 5.56 Å². The van der Waals surface area contributed by atoms with E-state index in [4.69, 9.17) is 5.73 Å². The van der Waals surface area contributed by atoms with Crippen molar-refractivity contribution >= 4 is 11.7 Å². The number of methoxy groups -OCH3 is 1. The Hall–Kier alpha value is -1.51. The second kappa shape index (κ2) is 6.02. The lowest BCUT2D eigenvalue weighted by atomic mass is 10.1. The number of aryl methyl sites for hydroxylation is 1. The van der Waals surface area contributed by atoms with Gasteiger partial charge in [-0.1, -0.05) is 26.0 Å². The number of benzene rings is 1. The largest absolute Gasteiger partial charge is 0.465 e. The third-order valence-corrected chi connectivity index (χ3v) is 1.73. The predicted octanol–water partition coefficient (Wildman–Crippen LogP) is 2.39. The van der Waals surface area contributed by atoms with E-state index in [1.54, 1.807) is 12.1 Å². The lowest BCUT2D eigenvalue weighted by molar-refractivity contribution is 0.0602. The standard InChI is InChI=1S/C9H11NO2.C2H6/c1-6-4-3-5-7(8(6)10)9(11)12-2;1-2/h3-5H,10H2,1-2H3;1-2H3. The highest BCUT2D eigenvalue weighted by Crippen LogP contribution is 2.16. The Morgan fingerprint density at radius 3 is 2.43 bits per heavy atom. The van der Waals surface area contributed by atoms with E-state index in [-0.39, 0.29) is 0 Å². The van der Waals surface area contributed by atoms with E-state index in [9.17, 15) is 4.79 Å². The van der Waals surface area contributed by atoms with Crippen LogP contribution in [0.2, 0.25) is 0 Å². The SMILES string of the molecule is CC.COC(=O)c1cccc(C)c1N. The minimum atomic E-state index is -0.392. The van der Waals surface area contributed by atoms with Gasteiger partial charge in [0.15, 0.2) is 0 Å². The number of rotatable bonds is 1. The molecule has 14 heavy (non-hydrogen) atoms. The molecule has 1 rings (SSSR count). The maximum atomic E-state index is 11.1. The lowest BCUT2D eigenvalue weighted by Gasteiger charge is -2.04. The predicted molar refractivity (Wildman–Crippen MR) is 58.3 cm³/mol. The van der Waals surface area contributed by atoms with Gasteiger partial charge in [-0.05, 0) is 18.6 Å². The number of carbonyl (C=O) groups excluding carboxylic acids is 1. The summed E-state index contributed by atoms with van der Waals surface area (Å²) in [7, 11) is 1.34. The van der Waals surface area contributed by atoms with E-state index >= 15 is 0 Å². The van der Waals surface area contributed by atoms with Crippen molar-refractivity contribution in [1.82, 2.24) is 0 Å². The van der Waals surface area contributed by atoms with Crippen LogP contribution in [0.3, 0.4) is 0 Å². The van der Waals surface area contributed by atoms with Crippen LogP contribution in [0.4, 0.5) is 5.69 Å².